The smallest absolute Gasteiger partial charge is 0.400 e. The van der Waals surface area contributed by atoms with Crippen LogP contribution in [-0.2, 0) is 0 Å². The maximum atomic E-state index is 2.24. The molecular weight excluding hydrogens is 254 g/mol. The van der Waals surface area contributed by atoms with Crippen LogP contribution in [0.3, 0.4) is 0 Å². The van der Waals surface area contributed by atoms with Gasteiger partial charge in [0.05, 0.1) is 0 Å². The molecule has 2 unspecified atom stereocenters. The molecule has 0 nitrogen and oxygen atoms in total. The molecule has 0 saturated carbocycles. The van der Waals surface area contributed by atoms with E-state index < -0.39 is 0 Å². The Bertz CT molecular complexity index is 116. The van der Waals surface area contributed by atoms with Crippen LogP contribution in [0.25, 0.3) is 0 Å². The molecule has 38 valence electrons. The molecule has 2 heterocycles. The van der Waals surface area contributed by atoms with Crippen LogP contribution in [0.2, 0.25) is 11.4 Å². The Labute approximate surface area is 141 Å². The van der Waals surface area contributed by atoms with Gasteiger partial charge >= 0.3 is 68.9 Å². The molecule has 0 amide bonds. The second-order valence-corrected chi connectivity index (χ2v) is 2.89. The second-order valence-electron chi connectivity index (χ2n) is 2.89. The molecule has 0 aromatic rings. The summed E-state index contributed by atoms with van der Waals surface area (Å²) in [5, 5.41) is 0. The van der Waals surface area contributed by atoms with Gasteiger partial charge in [0.2, 0.25) is 0 Å². The van der Waals surface area contributed by atoms with Crippen LogP contribution in [0.5, 0.6) is 0 Å². The standard InChI is InChI=1S/C2H2B9.Cs/c3-1-2(4-8-7-3)6-10-11-9-5-1;/h1-2H;/q-1;+1. The van der Waals surface area contributed by atoms with Gasteiger partial charge < -0.3 is 7.17 Å². The Morgan fingerprint density at radius 1 is 0.833 bits per heavy atom. The minimum atomic E-state index is 0. The predicted octanol–water partition coefficient (Wildman–Crippen LogP) is -5.75. The summed E-state index contributed by atoms with van der Waals surface area (Å²) in [5.41, 5.74) is 1.16. The van der Waals surface area contributed by atoms with Gasteiger partial charge in [0, 0.05) is 42.7 Å². The van der Waals surface area contributed by atoms with Crippen molar-refractivity contribution in [1.82, 2.24) is 0 Å². The zero-order valence-corrected chi connectivity index (χ0v) is 13.6. The Kier molecular flexibility index (Phi) is 7.41. The van der Waals surface area contributed by atoms with Crippen molar-refractivity contribution < 1.29 is 68.9 Å². The summed E-state index contributed by atoms with van der Waals surface area (Å²) in [7, 11) is 19.5. The summed E-state index contributed by atoms with van der Waals surface area (Å²) in [6.45, 7) is 0. The molecule has 2 saturated heterocycles. The first kappa shape index (κ1) is 12.7. The third kappa shape index (κ3) is 3.66. The molecule has 0 N–H and O–H groups in total. The van der Waals surface area contributed by atoms with Crippen molar-refractivity contribution in [2.45, 2.75) is 11.4 Å². The van der Waals surface area contributed by atoms with Crippen molar-refractivity contribution in [3.63, 3.8) is 0 Å². The van der Waals surface area contributed by atoms with Crippen molar-refractivity contribution >= 4 is 64.0 Å². The summed E-state index contributed by atoms with van der Waals surface area (Å²) in [6.07, 6.45) is 0. The molecule has 10 radical (unpaired) electrons. The van der Waals surface area contributed by atoms with Gasteiger partial charge in [-0.15, -0.1) is 0 Å². The average Bonchev–Trinajstić information content (AvgIpc) is 2.28. The van der Waals surface area contributed by atoms with Gasteiger partial charge in [-0.1, -0.05) is 0 Å². The minimum absolute atomic E-state index is 0. The van der Waals surface area contributed by atoms with Crippen molar-refractivity contribution in [2.24, 2.45) is 0 Å². The molecule has 10 heteroatoms. The first-order valence-corrected chi connectivity index (χ1v) is 4.00. The van der Waals surface area contributed by atoms with E-state index in [-0.39, 0.29) is 68.9 Å². The fraction of sp³-hybridized carbons (Fsp3) is 1.00. The van der Waals surface area contributed by atoms with Crippen molar-refractivity contribution in [3.05, 3.63) is 0 Å². The van der Waals surface area contributed by atoms with Crippen molar-refractivity contribution in [1.29, 1.82) is 0 Å². The van der Waals surface area contributed by atoms with Gasteiger partial charge in [0.15, 0.2) is 0 Å². The molecule has 0 aromatic carbocycles. The van der Waals surface area contributed by atoms with Crippen molar-refractivity contribution in [2.75, 3.05) is 0 Å². The Balaban J connectivity index is 0.000000720. The van der Waals surface area contributed by atoms with Crippen molar-refractivity contribution in [3.8, 4) is 0 Å². The minimum Gasteiger partial charge on any atom is -0.400 e. The van der Waals surface area contributed by atoms with Gasteiger partial charge in [-0.25, -0.2) is 7.06 Å². The van der Waals surface area contributed by atoms with Crippen LogP contribution < -0.4 is 68.9 Å². The monoisotopic (exact) mass is 258 g/mol. The van der Waals surface area contributed by atoms with E-state index in [0.29, 0.717) is 11.4 Å². The molecule has 2 aliphatic heterocycles. The summed E-state index contributed by atoms with van der Waals surface area (Å²) in [5.74, 6) is 0. The molecular formula is C2H2B9Cs. The zero-order chi connectivity index (χ0) is 7.52. The van der Waals surface area contributed by atoms with E-state index in [0.717, 1.165) is 0 Å². The normalized spacial score (nSPS) is 30.7. The number of rotatable bonds is 0. The fourth-order valence-electron chi connectivity index (χ4n) is 1.48. The Morgan fingerprint density at radius 3 is 2.33 bits per heavy atom. The molecule has 2 fully saturated rings. The van der Waals surface area contributed by atoms with E-state index in [9.17, 15) is 0 Å². The third-order valence-electron chi connectivity index (χ3n) is 2.11. The van der Waals surface area contributed by atoms with Crippen LogP contribution in [0, 0.1) is 0 Å². The van der Waals surface area contributed by atoms with Crippen LogP contribution >= 0.6 is 0 Å². The first-order valence-electron chi connectivity index (χ1n) is 4.00. The van der Waals surface area contributed by atoms with Crippen LogP contribution in [0.1, 0.15) is 0 Å². The van der Waals surface area contributed by atoms with E-state index in [1.54, 1.807) is 0 Å². The molecule has 2 rings (SSSR count). The van der Waals surface area contributed by atoms with E-state index in [1.807, 2.05) is 0 Å². The summed E-state index contributed by atoms with van der Waals surface area (Å²) in [6, 6.07) is 0. The summed E-state index contributed by atoms with van der Waals surface area (Å²) >= 11 is 0. The van der Waals surface area contributed by atoms with Crippen LogP contribution in [-0.4, -0.2) is 64.0 Å². The SMILES string of the molecule is [B]1[B][B]C2[B][B][B][B]C2[B-][B]1.[Cs+]. The maximum absolute atomic E-state index is 2.24. The number of fused-ring (bicyclic) bond motifs is 1. The quantitative estimate of drug-likeness (QED) is 0.379. The van der Waals surface area contributed by atoms with E-state index >= 15 is 0 Å². The van der Waals surface area contributed by atoms with E-state index in [4.69, 9.17) is 0 Å². The second kappa shape index (κ2) is 7.00. The Hall–Kier alpha value is 2.64. The van der Waals surface area contributed by atoms with Gasteiger partial charge in [0.1, 0.15) is 0 Å². The number of hydrogen-bond acceptors (Lipinski definition) is 0. The molecule has 2 aliphatic rings. The zero-order valence-electron chi connectivity index (χ0n) is 7.35. The summed E-state index contributed by atoms with van der Waals surface area (Å²) < 4.78 is 0. The summed E-state index contributed by atoms with van der Waals surface area (Å²) in [4.78, 5) is 0. The van der Waals surface area contributed by atoms with Gasteiger partial charge in [0.25, 0.3) is 0 Å². The van der Waals surface area contributed by atoms with E-state index in [1.165, 1.54) is 0 Å². The Morgan fingerprint density at radius 2 is 1.50 bits per heavy atom. The molecule has 0 bridgehead atoms. The van der Waals surface area contributed by atoms with Crippen LogP contribution in [0.15, 0.2) is 0 Å². The van der Waals surface area contributed by atoms with E-state index in [2.05, 4.69) is 64.0 Å². The van der Waals surface area contributed by atoms with Gasteiger partial charge in [-0.2, -0.15) is 5.72 Å². The third-order valence-corrected chi connectivity index (χ3v) is 2.11. The molecule has 0 spiro atoms. The molecule has 0 aliphatic carbocycles. The number of hydrogen-bond donors (Lipinski definition) is 0. The maximum Gasteiger partial charge on any atom is 1.00 e. The fourth-order valence-corrected chi connectivity index (χ4v) is 1.48. The molecule has 2 atom stereocenters. The van der Waals surface area contributed by atoms with Crippen LogP contribution in [0.4, 0.5) is 0 Å². The largest absolute Gasteiger partial charge is 1.00 e. The van der Waals surface area contributed by atoms with Gasteiger partial charge in [-0.3, -0.25) is 5.72 Å². The molecule has 12 heavy (non-hydrogen) atoms. The topological polar surface area (TPSA) is 0 Å². The molecule has 0 aromatic heterocycles. The first-order chi connectivity index (χ1) is 5.47. The predicted molar refractivity (Wildman–Crippen MR) is 59.3 cm³/mol. The van der Waals surface area contributed by atoms with Gasteiger partial charge in [-0.05, 0) is 7.06 Å². The average molecular weight is 256 g/mol.